The number of aromatic nitrogens is 4. The first-order valence-electron chi connectivity index (χ1n) is 6.53. The summed E-state index contributed by atoms with van der Waals surface area (Å²) in [6.45, 7) is 6.09. The SMILES string of the molecule is C=CCn1c(SCC[C@H](C)Cl)nc2c1c(=O)[nH]c(=O)n2C. The van der Waals surface area contributed by atoms with Crippen molar-refractivity contribution in [3.05, 3.63) is 33.5 Å². The van der Waals surface area contributed by atoms with Crippen molar-refractivity contribution >= 4 is 34.5 Å². The van der Waals surface area contributed by atoms with Gasteiger partial charge in [-0.25, -0.2) is 9.78 Å². The number of allylic oxidation sites excluding steroid dienone is 1. The Morgan fingerprint density at radius 2 is 2.24 bits per heavy atom. The molecule has 0 unspecified atom stereocenters. The minimum Gasteiger partial charge on any atom is -0.309 e. The van der Waals surface area contributed by atoms with E-state index in [0.717, 1.165) is 12.2 Å². The van der Waals surface area contributed by atoms with Crippen LogP contribution in [0.15, 0.2) is 27.4 Å². The first kappa shape index (κ1) is 15.9. The summed E-state index contributed by atoms with van der Waals surface area (Å²) >= 11 is 7.45. The lowest BCUT2D eigenvalue weighted by molar-refractivity contribution is 0.744. The van der Waals surface area contributed by atoms with Crippen LogP contribution in [-0.2, 0) is 13.6 Å². The van der Waals surface area contributed by atoms with Gasteiger partial charge in [0.15, 0.2) is 16.3 Å². The van der Waals surface area contributed by atoms with Gasteiger partial charge in [0, 0.05) is 24.7 Å². The average Bonchev–Trinajstić information content (AvgIpc) is 2.76. The monoisotopic (exact) mass is 328 g/mol. The summed E-state index contributed by atoms with van der Waals surface area (Å²) in [6, 6.07) is 0. The molecular formula is C13H17ClN4O2S. The van der Waals surface area contributed by atoms with E-state index in [2.05, 4.69) is 16.5 Å². The molecule has 0 saturated carbocycles. The molecule has 1 atom stereocenters. The molecule has 0 aliphatic heterocycles. The van der Waals surface area contributed by atoms with Gasteiger partial charge in [-0.15, -0.1) is 18.2 Å². The van der Waals surface area contributed by atoms with Crippen LogP contribution in [0.25, 0.3) is 11.2 Å². The van der Waals surface area contributed by atoms with Gasteiger partial charge in [-0.05, 0) is 13.3 Å². The third-order valence-corrected chi connectivity index (χ3v) is 4.26. The standard InChI is InChI=1S/C13H17ClN4O2S/c1-4-6-18-9-10(17(3)12(20)16-11(9)19)15-13(18)21-7-5-8(2)14/h4,8H,1,5-7H2,2-3H3,(H,16,19,20)/t8-/m0/s1. The van der Waals surface area contributed by atoms with E-state index in [1.54, 1.807) is 17.7 Å². The van der Waals surface area contributed by atoms with Crippen LogP contribution in [0.2, 0.25) is 0 Å². The van der Waals surface area contributed by atoms with E-state index in [-0.39, 0.29) is 5.38 Å². The lowest BCUT2D eigenvalue weighted by Crippen LogP contribution is -2.29. The van der Waals surface area contributed by atoms with Gasteiger partial charge >= 0.3 is 5.69 Å². The van der Waals surface area contributed by atoms with Crippen molar-refractivity contribution in [3.8, 4) is 0 Å². The number of nitrogens with one attached hydrogen (secondary N) is 1. The Kier molecular flexibility index (Phi) is 4.95. The number of hydrogen-bond donors (Lipinski definition) is 1. The molecule has 0 aromatic carbocycles. The van der Waals surface area contributed by atoms with Gasteiger partial charge in [0.25, 0.3) is 5.56 Å². The Morgan fingerprint density at radius 1 is 1.52 bits per heavy atom. The quantitative estimate of drug-likeness (QED) is 0.498. The second kappa shape index (κ2) is 6.53. The molecule has 0 saturated heterocycles. The number of hydrogen-bond acceptors (Lipinski definition) is 4. The zero-order valence-electron chi connectivity index (χ0n) is 11.9. The Balaban J connectivity index is 2.54. The predicted octanol–water partition coefficient (Wildman–Crippen LogP) is 1.72. The molecular weight excluding hydrogens is 312 g/mol. The fraction of sp³-hybridized carbons (Fsp3) is 0.462. The van der Waals surface area contributed by atoms with E-state index in [9.17, 15) is 9.59 Å². The number of imidazole rings is 1. The topological polar surface area (TPSA) is 72.7 Å². The predicted molar refractivity (Wildman–Crippen MR) is 86.4 cm³/mol. The molecule has 8 heteroatoms. The maximum absolute atomic E-state index is 12.0. The molecule has 0 spiro atoms. The van der Waals surface area contributed by atoms with Crippen molar-refractivity contribution in [2.45, 2.75) is 30.4 Å². The Morgan fingerprint density at radius 3 is 2.86 bits per heavy atom. The van der Waals surface area contributed by atoms with E-state index < -0.39 is 11.2 Å². The van der Waals surface area contributed by atoms with Crippen LogP contribution in [0.5, 0.6) is 0 Å². The molecule has 2 rings (SSSR count). The average molecular weight is 329 g/mol. The van der Waals surface area contributed by atoms with Crippen LogP contribution in [0.3, 0.4) is 0 Å². The van der Waals surface area contributed by atoms with Gasteiger partial charge in [-0.1, -0.05) is 17.8 Å². The van der Waals surface area contributed by atoms with Gasteiger partial charge in [0.1, 0.15) is 0 Å². The Labute approximate surface area is 130 Å². The number of halogens is 1. The van der Waals surface area contributed by atoms with Crippen LogP contribution in [0, 0.1) is 0 Å². The van der Waals surface area contributed by atoms with Gasteiger partial charge in [0.05, 0.1) is 0 Å². The van der Waals surface area contributed by atoms with Gasteiger partial charge < -0.3 is 4.57 Å². The number of rotatable bonds is 6. The summed E-state index contributed by atoms with van der Waals surface area (Å²) in [4.78, 5) is 30.4. The molecule has 0 aliphatic rings. The van der Waals surface area contributed by atoms with Crippen LogP contribution < -0.4 is 11.2 Å². The summed E-state index contributed by atoms with van der Waals surface area (Å²) in [5.74, 6) is 0.789. The molecule has 114 valence electrons. The maximum atomic E-state index is 12.0. The highest BCUT2D eigenvalue weighted by Crippen LogP contribution is 2.23. The minimum absolute atomic E-state index is 0.0856. The lowest BCUT2D eigenvalue weighted by atomic mass is 10.4. The molecule has 2 heterocycles. The van der Waals surface area contributed by atoms with E-state index in [1.807, 2.05) is 6.92 Å². The highest BCUT2D eigenvalue weighted by Gasteiger charge is 2.16. The van der Waals surface area contributed by atoms with Crippen molar-refractivity contribution in [1.82, 2.24) is 19.1 Å². The first-order valence-corrected chi connectivity index (χ1v) is 7.95. The minimum atomic E-state index is -0.471. The third kappa shape index (κ3) is 3.24. The number of fused-ring (bicyclic) bond motifs is 1. The summed E-state index contributed by atoms with van der Waals surface area (Å²) in [5.41, 5.74) is -0.132. The van der Waals surface area contributed by atoms with E-state index >= 15 is 0 Å². The van der Waals surface area contributed by atoms with E-state index in [0.29, 0.717) is 22.9 Å². The van der Waals surface area contributed by atoms with Crippen molar-refractivity contribution in [2.75, 3.05) is 5.75 Å². The van der Waals surface area contributed by atoms with Crippen LogP contribution in [-0.4, -0.2) is 30.2 Å². The molecule has 0 fully saturated rings. The number of aromatic amines is 1. The molecule has 0 amide bonds. The smallest absolute Gasteiger partial charge is 0.309 e. The van der Waals surface area contributed by atoms with Crippen molar-refractivity contribution in [3.63, 3.8) is 0 Å². The maximum Gasteiger partial charge on any atom is 0.329 e. The summed E-state index contributed by atoms with van der Waals surface area (Å²) in [6.07, 6.45) is 2.53. The fourth-order valence-corrected chi connectivity index (χ4v) is 3.30. The molecule has 2 aromatic rings. The highest BCUT2D eigenvalue weighted by molar-refractivity contribution is 7.99. The van der Waals surface area contributed by atoms with Crippen molar-refractivity contribution < 1.29 is 0 Å². The number of nitrogens with zero attached hydrogens (tertiary/aromatic N) is 3. The largest absolute Gasteiger partial charge is 0.329 e. The summed E-state index contributed by atoms with van der Waals surface area (Å²) in [5, 5.41) is 0.774. The molecule has 6 nitrogen and oxygen atoms in total. The van der Waals surface area contributed by atoms with Crippen LogP contribution >= 0.6 is 23.4 Å². The van der Waals surface area contributed by atoms with Gasteiger partial charge in [-0.2, -0.15) is 0 Å². The van der Waals surface area contributed by atoms with Gasteiger partial charge in [-0.3, -0.25) is 14.3 Å². The highest BCUT2D eigenvalue weighted by atomic mass is 35.5. The van der Waals surface area contributed by atoms with Gasteiger partial charge in [0.2, 0.25) is 0 Å². The lowest BCUT2D eigenvalue weighted by Gasteiger charge is -2.06. The second-order valence-corrected chi connectivity index (χ2v) is 6.51. The summed E-state index contributed by atoms with van der Waals surface area (Å²) in [7, 11) is 1.58. The van der Waals surface area contributed by atoms with Crippen LogP contribution in [0.4, 0.5) is 0 Å². The Hall–Kier alpha value is -1.47. The van der Waals surface area contributed by atoms with Crippen LogP contribution in [0.1, 0.15) is 13.3 Å². The second-order valence-electron chi connectivity index (χ2n) is 4.70. The third-order valence-electron chi connectivity index (χ3n) is 3.03. The number of alkyl halides is 1. The normalized spacial score (nSPS) is 12.7. The molecule has 21 heavy (non-hydrogen) atoms. The molecule has 1 N–H and O–H groups in total. The van der Waals surface area contributed by atoms with Crippen molar-refractivity contribution in [1.29, 1.82) is 0 Å². The fourth-order valence-electron chi connectivity index (χ4n) is 1.94. The first-order chi connectivity index (χ1) is 9.95. The zero-order chi connectivity index (χ0) is 15.6. The molecule has 0 aliphatic carbocycles. The van der Waals surface area contributed by atoms with Crippen molar-refractivity contribution in [2.24, 2.45) is 7.05 Å². The summed E-state index contributed by atoms with van der Waals surface area (Å²) < 4.78 is 3.11. The molecule has 0 radical (unpaired) electrons. The molecule has 0 bridgehead atoms. The zero-order valence-corrected chi connectivity index (χ0v) is 13.5. The van der Waals surface area contributed by atoms with E-state index in [4.69, 9.17) is 11.6 Å². The number of H-pyrrole nitrogens is 1. The number of thioether (sulfide) groups is 1. The van der Waals surface area contributed by atoms with E-state index in [1.165, 1.54) is 16.3 Å². The Bertz CT molecular complexity index is 775. The number of aryl methyl sites for hydroxylation is 1. The molecule has 2 aromatic heterocycles.